The minimum absolute atomic E-state index is 0.545. The molecular formula is C14H14N6O. The average molecular weight is 282 g/mol. The molecule has 0 spiro atoms. The van der Waals surface area contributed by atoms with Crippen molar-refractivity contribution < 1.29 is 4.74 Å². The average Bonchev–Trinajstić information content (AvgIpc) is 2.97. The van der Waals surface area contributed by atoms with E-state index in [1.54, 1.807) is 30.1 Å². The molecule has 0 atom stereocenters. The minimum atomic E-state index is 0.545. The van der Waals surface area contributed by atoms with Crippen LogP contribution >= 0.6 is 0 Å². The van der Waals surface area contributed by atoms with Crippen LogP contribution in [0, 0.1) is 0 Å². The molecule has 0 amide bonds. The van der Waals surface area contributed by atoms with Gasteiger partial charge in [0.15, 0.2) is 11.6 Å². The smallest absolute Gasteiger partial charge is 0.162 e. The standard InChI is InChI=1S/C14H14N6O/c1-21-12-5-3-2-4-10(12)8-14-17-18-19-20(14)13-7-6-11(15)9-16-13/h2-7,9H,8,15H2,1H3. The number of nitrogens with two attached hydrogens (primary N) is 1. The lowest BCUT2D eigenvalue weighted by Gasteiger charge is -2.08. The predicted molar refractivity (Wildman–Crippen MR) is 77.2 cm³/mol. The molecule has 2 aromatic heterocycles. The summed E-state index contributed by atoms with van der Waals surface area (Å²) in [5.41, 5.74) is 7.24. The summed E-state index contributed by atoms with van der Waals surface area (Å²) in [7, 11) is 1.64. The molecule has 0 aliphatic carbocycles. The van der Waals surface area contributed by atoms with E-state index < -0.39 is 0 Å². The molecule has 106 valence electrons. The number of aromatic nitrogens is 5. The van der Waals surface area contributed by atoms with Crippen molar-refractivity contribution in [3.63, 3.8) is 0 Å². The number of benzene rings is 1. The number of nitrogens with zero attached hydrogens (tertiary/aromatic N) is 5. The van der Waals surface area contributed by atoms with Crippen molar-refractivity contribution in [2.24, 2.45) is 0 Å². The molecule has 0 fully saturated rings. The molecule has 3 rings (SSSR count). The number of rotatable bonds is 4. The molecule has 0 unspecified atom stereocenters. The number of para-hydroxylation sites is 1. The van der Waals surface area contributed by atoms with E-state index >= 15 is 0 Å². The van der Waals surface area contributed by atoms with Gasteiger partial charge in [-0.3, -0.25) is 0 Å². The Kier molecular flexibility index (Phi) is 3.46. The Labute approximate surface area is 121 Å². The van der Waals surface area contributed by atoms with Crippen molar-refractivity contribution in [3.05, 3.63) is 54.0 Å². The highest BCUT2D eigenvalue weighted by atomic mass is 16.5. The highest BCUT2D eigenvalue weighted by molar-refractivity contribution is 5.39. The summed E-state index contributed by atoms with van der Waals surface area (Å²) in [6, 6.07) is 11.3. The maximum Gasteiger partial charge on any atom is 0.162 e. The van der Waals surface area contributed by atoms with Crippen LogP contribution in [0.3, 0.4) is 0 Å². The molecule has 0 saturated heterocycles. The molecular weight excluding hydrogens is 268 g/mol. The lowest BCUT2D eigenvalue weighted by molar-refractivity contribution is 0.410. The maximum atomic E-state index is 5.64. The van der Waals surface area contributed by atoms with E-state index in [1.807, 2.05) is 24.3 Å². The molecule has 7 heteroatoms. The van der Waals surface area contributed by atoms with Crippen molar-refractivity contribution in [3.8, 4) is 11.6 Å². The second-order valence-corrected chi connectivity index (χ2v) is 4.45. The molecule has 0 radical (unpaired) electrons. The Balaban J connectivity index is 1.94. The summed E-state index contributed by atoms with van der Waals surface area (Å²) in [5.74, 6) is 2.10. The summed E-state index contributed by atoms with van der Waals surface area (Å²) in [5, 5.41) is 11.8. The summed E-state index contributed by atoms with van der Waals surface area (Å²) in [6.07, 6.45) is 2.12. The van der Waals surface area contributed by atoms with Crippen LogP contribution in [-0.2, 0) is 6.42 Å². The van der Waals surface area contributed by atoms with Crippen molar-refractivity contribution in [2.75, 3.05) is 12.8 Å². The summed E-state index contributed by atoms with van der Waals surface area (Å²) >= 11 is 0. The Morgan fingerprint density at radius 2 is 2.05 bits per heavy atom. The molecule has 2 heterocycles. The Bertz CT molecular complexity index is 737. The van der Waals surface area contributed by atoms with Gasteiger partial charge in [0.1, 0.15) is 5.75 Å². The fourth-order valence-electron chi connectivity index (χ4n) is 2.04. The van der Waals surface area contributed by atoms with Gasteiger partial charge in [0.25, 0.3) is 0 Å². The first-order chi connectivity index (χ1) is 10.3. The van der Waals surface area contributed by atoms with E-state index in [9.17, 15) is 0 Å². The van der Waals surface area contributed by atoms with Crippen LogP contribution in [-0.4, -0.2) is 32.3 Å². The summed E-state index contributed by atoms with van der Waals surface area (Å²) in [4.78, 5) is 4.23. The zero-order chi connectivity index (χ0) is 14.7. The van der Waals surface area contributed by atoms with Crippen LogP contribution in [0.1, 0.15) is 11.4 Å². The first kappa shape index (κ1) is 13.0. The predicted octanol–water partition coefficient (Wildman–Crippen LogP) is 1.24. The molecule has 7 nitrogen and oxygen atoms in total. The number of hydrogen-bond donors (Lipinski definition) is 1. The number of nitrogen functional groups attached to an aromatic ring is 1. The lowest BCUT2D eigenvalue weighted by Crippen LogP contribution is -2.06. The quantitative estimate of drug-likeness (QED) is 0.774. The fraction of sp³-hybridized carbons (Fsp3) is 0.143. The third kappa shape index (κ3) is 2.66. The van der Waals surface area contributed by atoms with Gasteiger partial charge in [-0.25, -0.2) is 4.98 Å². The van der Waals surface area contributed by atoms with Crippen molar-refractivity contribution >= 4 is 5.69 Å². The zero-order valence-electron chi connectivity index (χ0n) is 11.5. The third-order valence-electron chi connectivity index (χ3n) is 3.06. The van der Waals surface area contributed by atoms with Crippen LogP contribution in [0.2, 0.25) is 0 Å². The van der Waals surface area contributed by atoms with Crippen LogP contribution in [0.4, 0.5) is 5.69 Å². The van der Waals surface area contributed by atoms with Gasteiger partial charge >= 0.3 is 0 Å². The Morgan fingerprint density at radius 3 is 2.81 bits per heavy atom. The van der Waals surface area contributed by atoms with Crippen LogP contribution < -0.4 is 10.5 Å². The SMILES string of the molecule is COc1ccccc1Cc1nnnn1-c1ccc(N)cn1. The molecule has 1 aromatic carbocycles. The first-order valence-corrected chi connectivity index (χ1v) is 6.39. The van der Waals surface area contributed by atoms with E-state index in [0.29, 0.717) is 23.8 Å². The Hall–Kier alpha value is -2.96. The number of methoxy groups -OCH3 is 1. The van der Waals surface area contributed by atoms with Crippen LogP contribution in [0.5, 0.6) is 5.75 Å². The van der Waals surface area contributed by atoms with Crippen molar-refractivity contribution in [1.82, 2.24) is 25.2 Å². The van der Waals surface area contributed by atoms with Crippen molar-refractivity contribution in [1.29, 1.82) is 0 Å². The minimum Gasteiger partial charge on any atom is -0.496 e. The van der Waals surface area contributed by atoms with Gasteiger partial charge in [-0.05, 0) is 28.6 Å². The highest BCUT2D eigenvalue weighted by Crippen LogP contribution is 2.20. The Morgan fingerprint density at radius 1 is 1.19 bits per heavy atom. The number of anilines is 1. The molecule has 3 aromatic rings. The first-order valence-electron chi connectivity index (χ1n) is 6.39. The van der Waals surface area contributed by atoms with E-state index in [2.05, 4.69) is 20.5 Å². The molecule has 0 aliphatic rings. The fourth-order valence-corrected chi connectivity index (χ4v) is 2.04. The monoisotopic (exact) mass is 282 g/mol. The van der Waals surface area contributed by atoms with Gasteiger partial charge in [-0.15, -0.1) is 5.10 Å². The maximum absolute atomic E-state index is 5.64. The molecule has 0 saturated carbocycles. The second kappa shape index (κ2) is 5.58. The lowest BCUT2D eigenvalue weighted by atomic mass is 10.1. The van der Waals surface area contributed by atoms with Gasteiger partial charge in [0.05, 0.1) is 19.0 Å². The summed E-state index contributed by atoms with van der Waals surface area (Å²) < 4.78 is 6.93. The molecule has 0 bridgehead atoms. The van der Waals surface area contributed by atoms with E-state index in [0.717, 1.165) is 11.3 Å². The topological polar surface area (TPSA) is 91.7 Å². The normalized spacial score (nSPS) is 10.5. The second-order valence-electron chi connectivity index (χ2n) is 4.45. The van der Waals surface area contributed by atoms with E-state index in [-0.39, 0.29) is 0 Å². The van der Waals surface area contributed by atoms with Crippen LogP contribution in [0.25, 0.3) is 5.82 Å². The van der Waals surface area contributed by atoms with E-state index in [1.165, 1.54) is 0 Å². The zero-order valence-corrected chi connectivity index (χ0v) is 11.5. The third-order valence-corrected chi connectivity index (χ3v) is 3.06. The van der Waals surface area contributed by atoms with Crippen LogP contribution in [0.15, 0.2) is 42.6 Å². The molecule has 2 N–H and O–H groups in total. The van der Waals surface area contributed by atoms with Gasteiger partial charge in [0, 0.05) is 12.0 Å². The largest absolute Gasteiger partial charge is 0.496 e. The van der Waals surface area contributed by atoms with Crippen molar-refractivity contribution in [2.45, 2.75) is 6.42 Å². The number of hydrogen-bond acceptors (Lipinski definition) is 6. The van der Waals surface area contributed by atoms with Gasteiger partial charge in [-0.1, -0.05) is 18.2 Å². The summed E-state index contributed by atoms with van der Waals surface area (Å²) in [6.45, 7) is 0. The van der Waals surface area contributed by atoms with Gasteiger partial charge in [0.2, 0.25) is 0 Å². The van der Waals surface area contributed by atoms with E-state index in [4.69, 9.17) is 10.5 Å². The molecule has 0 aliphatic heterocycles. The number of ether oxygens (including phenoxy) is 1. The highest BCUT2D eigenvalue weighted by Gasteiger charge is 2.12. The van der Waals surface area contributed by atoms with Gasteiger partial charge < -0.3 is 10.5 Å². The number of pyridine rings is 1. The number of tetrazole rings is 1. The molecule has 21 heavy (non-hydrogen) atoms. The van der Waals surface area contributed by atoms with Gasteiger partial charge in [-0.2, -0.15) is 4.68 Å².